The molecule has 0 aliphatic carbocycles. The average Bonchev–Trinajstić information content (AvgIpc) is 3.48. The Hall–Kier alpha value is -4.43. The smallest absolute Gasteiger partial charge is 0.267 e. The molecular weight excluding hydrogens is 418 g/mol. The second-order valence-electron chi connectivity index (χ2n) is 7.34. The fourth-order valence-electron chi connectivity index (χ4n) is 3.42. The van der Waals surface area contributed by atoms with Crippen LogP contribution in [0.1, 0.15) is 25.9 Å². The average molecular weight is 435 g/mol. The maximum Gasteiger partial charge on any atom is 0.277 e. The van der Waals surface area contributed by atoms with Crippen LogP contribution in [0.4, 0.5) is 0 Å². The SMILES string of the molecule is C[C@H](Cn1nccn1)n1nnc2cc3c(=O)n([C@H](C)Cn4ncnn4)nnc3cc2c1=O. The molecule has 15 heteroatoms. The summed E-state index contributed by atoms with van der Waals surface area (Å²) in [5.41, 5.74) is -0.130. The van der Waals surface area contributed by atoms with Crippen molar-refractivity contribution in [3.8, 4) is 0 Å². The second kappa shape index (κ2) is 7.68. The van der Waals surface area contributed by atoms with Gasteiger partial charge in [-0.05, 0) is 31.2 Å². The van der Waals surface area contributed by atoms with Crippen LogP contribution in [-0.4, -0.2) is 65.2 Å². The maximum atomic E-state index is 13.0. The molecule has 0 fully saturated rings. The highest BCUT2D eigenvalue weighted by Crippen LogP contribution is 2.15. The van der Waals surface area contributed by atoms with E-state index < -0.39 is 0 Å². The van der Waals surface area contributed by atoms with E-state index in [1.54, 1.807) is 19.3 Å². The lowest BCUT2D eigenvalue weighted by Gasteiger charge is -2.14. The van der Waals surface area contributed by atoms with Crippen LogP contribution in [0.2, 0.25) is 0 Å². The molecule has 32 heavy (non-hydrogen) atoms. The monoisotopic (exact) mass is 435 g/mol. The second-order valence-corrected chi connectivity index (χ2v) is 7.34. The van der Waals surface area contributed by atoms with Gasteiger partial charge in [0.05, 0.1) is 48.3 Å². The molecule has 0 saturated carbocycles. The van der Waals surface area contributed by atoms with E-state index in [1.165, 1.54) is 37.4 Å². The Bertz CT molecular complexity index is 1390. The fourth-order valence-corrected chi connectivity index (χ4v) is 3.42. The highest BCUT2D eigenvalue weighted by Gasteiger charge is 2.17. The largest absolute Gasteiger partial charge is 0.277 e. The number of hydrogen-bond acceptors (Lipinski definition) is 11. The van der Waals surface area contributed by atoms with Crippen molar-refractivity contribution in [1.82, 2.24) is 65.2 Å². The standard InChI is InChI=1S/C17H17N13O2/c1-10(7-27-19-3-4-20-27)29-16(31)12-5-15-13(6-14(12)22-25-29)17(32)30(26-23-15)11(2)8-28-21-9-18-24-28/h3-6,9-11H,7-8H2,1-2H3/t10-,11-/m1/s1. The summed E-state index contributed by atoms with van der Waals surface area (Å²) in [5, 5.41) is 36.4. The van der Waals surface area contributed by atoms with Gasteiger partial charge in [0.1, 0.15) is 11.0 Å². The summed E-state index contributed by atoms with van der Waals surface area (Å²) in [6, 6.07) is 2.31. The van der Waals surface area contributed by atoms with E-state index in [-0.39, 0.29) is 28.6 Å². The van der Waals surface area contributed by atoms with E-state index in [9.17, 15) is 9.59 Å². The topological polar surface area (TPSA) is 170 Å². The zero-order valence-corrected chi connectivity index (χ0v) is 17.1. The van der Waals surface area contributed by atoms with E-state index in [4.69, 9.17) is 0 Å². The lowest BCUT2D eigenvalue weighted by atomic mass is 10.1. The van der Waals surface area contributed by atoms with Crippen molar-refractivity contribution in [2.45, 2.75) is 39.0 Å². The molecule has 0 aliphatic heterocycles. The molecule has 0 amide bonds. The van der Waals surface area contributed by atoms with Crippen LogP contribution in [0.15, 0.2) is 40.4 Å². The quantitative estimate of drug-likeness (QED) is 0.300. The molecule has 0 aliphatic rings. The fraction of sp³-hybridized carbons (Fsp3) is 0.353. The molecule has 0 unspecified atom stereocenters. The van der Waals surface area contributed by atoms with Crippen LogP contribution in [-0.2, 0) is 13.1 Å². The number of fused-ring (bicyclic) bond motifs is 2. The first-order chi connectivity index (χ1) is 15.5. The van der Waals surface area contributed by atoms with Gasteiger partial charge in [-0.25, -0.2) is 9.36 Å². The first kappa shape index (κ1) is 19.5. The van der Waals surface area contributed by atoms with Crippen molar-refractivity contribution in [2.24, 2.45) is 0 Å². The van der Waals surface area contributed by atoms with Crippen molar-refractivity contribution in [3.05, 3.63) is 51.6 Å². The first-order valence-electron chi connectivity index (χ1n) is 9.74. The normalized spacial score (nSPS) is 13.6. The van der Waals surface area contributed by atoms with Gasteiger partial charge in [0, 0.05) is 0 Å². The van der Waals surface area contributed by atoms with E-state index in [0.29, 0.717) is 29.5 Å². The molecule has 4 heterocycles. The van der Waals surface area contributed by atoms with E-state index in [1.807, 2.05) is 6.92 Å². The molecule has 0 bridgehead atoms. The number of tetrazole rings is 1. The van der Waals surface area contributed by atoms with Crippen molar-refractivity contribution < 1.29 is 0 Å². The summed E-state index contributed by atoms with van der Waals surface area (Å²) in [6.07, 6.45) is 4.43. The summed E-state index contributed by atoms with van der Waals surface area (Å²) < 4.78 is 2.50. The molecule has 4 aromatic heterocycles. The minimum Gasteiger partial charge on any atom is -0.267 e. The molecular formula is C17H17N13O2. The molecule has 0 saturated heterocycles. The number of hydrogen-bond donors (Lipinski definition) is 0. The van der Waals surface area contributed by atoms with E-state index in [2.05, 4.69) is 46.2 Å². The lowest BCUT2D eigenvalue weighted by molar-refractivity contribution is 0.354. The van der Waals surface area contributed by atoms with Crippen molar-refractivity contribution in [1.29, 1.82) is 0 Å². The van der Waals surface area contributed by atoms with Gasteiger partial charge < -0.3 is 0 Å². The minimum atomic E-state index is -0.375. The Morgan fingerprint density at radius 2 is 1.28 bits per heavy atom. The first-order valence-corrected chi connectivity index (χ1v) is 9.74. The van der Waals surface area contributed by atoms with Gasteiger partial charge in [-0.1, -0.05) is 10.4 Å². The van der Waals surface area contributed by atoms with Crippen LogP contribution in [0.25, 0.3) is 21.8 Å². The third kappa shape index (κ3) is 3.38. The Kier molecular flexibility index (Phi) is 4.68. The number of nitrogens with zero attached hydrogens (tertiary/aromatic N) is 13. The molecule has 0 N–H and O–H groups in total. The Morgan fingerprint density at radius 1 is 0.750 bits per heavy atom. The summed E-state index contributed by atoms with van der Waals surface area (Å²) >= 11 is 0. The molecule has 1 aromatic carbocycles. The van der Waals surface area contributed by atoms with Gasteiger partial charge in [-0.15, -0.1) is 20.4 Å². The van der Waals surface area contributed by atoms with Crippen molar-refractivity contribution >= 4 is 21.8 Å². The molecule has 0 spiro atoms. The zero-order valence-electron chi connectivity index (χ0n) is 17.1. The van der Waals surface area contributed by atoms with Gasteiger partial charge in [-0.3, -0.25) is 9.59 Å². The lowest BCUT2D eigenvalue weighted by Crippen LogP contribution is -2.31. The van der Waals surface area contributed by atoms with Gasteiger partial charge in [0.25, 0.3) is 11.1 Å². The number of aromatic nitrogens is 13. The van der Waals surface area contributed by atoms with Gasteiger partial charge in [0.2, 0.25) is 0 Å². The van der Waals surface area contributed by atoms with Crippen LogP contribution < -0.4 is 11.1 Å². The van der Waals surface area contributed by atoms with Crippen molar-refractivity contribution in [3.63, 3.8) is 0 Å². The van der Waals surface area contributed by atoms with Gasteiger partial charge in [-0.2, -0.15) is 19.8 Å². The van der Waals surface area contributed by atoms with E-state index >= 15 is 0 Å². The summed E-state index contributed by atoms with van der Waals surface area (Å²) in [7, 11) is 0. The Balaban J connectivity index is 1.54. The zero-order chi connectivity index (χ0) is 22.2. The highest BCUT2D eigenvalue weighted by molar-refractivity contribution is 5.93. The summed E-state index contributed by atoms with van der Waals surface area (Å²) in [5.74, 6) is 0. The van der Waals surface area contributed by atoms with Crippen LogP contribution in [0.3, 0.4) is 0 Å². The Morgan fingerprint density at radius 3 is 1.78 bits per heavy atom. The van der Waals surface area contributed by atoms with Crippen LogP contribution >= 0.6 is 0 Å². The number of rotatable bonds is 6. The molecule has 5 rings (SSSR count). The van der Waals surface area contributed by atoms with Gasteiger partial charge in [0.15, 0.2) is 6.33 Å². The minimum absolute atomic E-state index is 0.283. The highest BCUT2D eigenvalue weighted by atomic mass is 16.1. The van der Waals surface area contributed by atoms with Gasteiger partial charge >= 0.3 is 0 Å². The molecule has 15 nitrogen and oxygen atoms in total. The molecule has 162 valence electrons. The molecule has 0 radical (unpaired) electrons. The third-order valence-electron chi connectivity index (χ3n) is 5.04. The molecule has 2 atom stereocenters. The number of benzene rings is 1. The van der Waals surface area contributed by atoms with Crippen LogP contribution in [0, 0.1) is 0 Å². The van der Waals surface area contributed by atoms with Crippen LogP contribution in [0.5, 0.6) is 0 Å². The van der Waals surface area contributed by atoms with Crippen molar-refractivity contribution in [2.75, 3.05) is 0 Å². The molecule has 5 aromatic rings. The maximum absolute atomic E-state index is 13.0. The third-order valence-corrected chi connectivity index (χ3v) is 5.04. The predicted octanol–water partition coefficient (Wildman–Crippen LogP) is -1.00. The Labute approximate surface area is 178 Å². The summed E-state index contributed by atoms with van der Waals surface area (Å²) in [4.78, 5) is 28.9. The van der Waals surface area contributed by atoms with E-state index in [0.717, 1.165) is 0 Å². The summed E-state index contributed by atoms with van der Waals surface area (Å²) in [6.45, 7) is 4.25. The predicted molar refractivity (Wildman–Crippen MR) is 108 cm³/mol.